The van der Waals surface area contributed by atoms with E-state index in [2.05, 4.69) is 19.9 Å². The molecule has 8 nitrogen and oxygen atoms in total. The third-order valence-electron chi connectivity index (χ3n) is 4.26. The lowest BCUT2D eigenvalue weighted by Gasteiger charge is -2.10. The number of alkyl halides is 2. The van der Waals surface area contributed by atoms with Crippen LogP contribution in [0.1, 0.15) is 5.89 Å². The fourth-order valence-corrected chi connectivity index (χ4v) is 3.43. The van der Waals surface area contributed by atoms with Crippen molar-refractivity contribution in [3.63, 3.8) is 0 Å². The number of nitrogens with zero attached hydrogens (tertiary/aromatic N) is 4. The van der Waals surface area contributed by atoms with Gasteiger partial charge in [0.25, 0.3) is 5.56 Å². The SMILES string of the molecule is COc1cc(-c2noc(Cn3cnc4c(Cl)cc(Cl)cc4c3=O)n2)ccc1OC(F)F. The Balaban J connectivity index is 1.63. The van der Waals surface area contributed by atoms with Crippen LogP contribution in [0.3, 0.4) is 0 Å². The molecule has 0 spiro atoms. The monoisotopic (exact) mass is 468 g/mol. The molecule has 2 heterocycles. The quantitative estimate of drug-likeness (QED) is 0.413. The Kier molecular flexibility index (Phi) is 5.75. The maximum Gasteiger partial charge on any atom is 0.387 e. The Morgan fingerprint density at radius 1 is 1.19 bits per heavy atom. The second kappa shape index (κ2) is 8.48. The molecular formula is C19H12Cl2F2N4O4. The Labute approximate surface area is 182 Å². The third kappa shape index (κ3) is 4.30. The van der Waals surface area contributed by atoms with Gasteiger partial charge in [-0.25, -0.2) is 4.98 Å². The molecule has 0 amide bonds. The van der Waals surface area contributed by atoms with E-state index in [1.165, 1.54) is 48.3 Å². The molecule has 2 aromatic heterocycles. The summed E-state index contributed by atoms with van der Waals surface area (Å²) in [5.74, 6) is 0.243. The molecule has 12 heteroatoms. The van der Waals surface area contributed by atoms with Gasteiger partial charge >= 0.3 is 6.61 Å². The molecule has 0 saturated carbocycles. The van der Waals surface area contributed by atoms with Crippen molar-refractivity contribution in [2.45, 2.75) is 13.2 Å². The highest BCUT2D eigenvalue weighted by atomic mass is 35.5. The fraction of sp³-hybridized carbons (Fsp3) is 0.158. The Hall–Kier alpha value is -3.24. The summed E-state index contributed by atoms with van der Waals surface area (Å²) in [6.45, 7) is -3.04. The highest BCUT2D eigenvalue weighted by Crippen LogP contribution is 2.32. The summed E-state index contributed by atoms with van der Waals surface area (Å²) in [6.07, 6.45) is 1.31. The zero-order valence-electron chi connectivity index (χ0n) is 15.7. The van der Waals surface area contributed by atoms with Crippen LogP contribution in [0.5, 0.6) is 11.5 Å². The molecule has 0 radical (unpaired) electrons. The fourth-order valence-electron chi connectivity index (χ4n) is 2.89. The first-order valence-electron chi connectivity index (χ1n) is 8.65. The minimum Gasteiger partial charge on any atom is -0.493 e. The smallest absolute Gasteiger partial charge is 0.387 e. The van der Waals surface area contributed by atoms with Crippen LogP contribution >= 0.6 is 23.2 Å². The molecular weight excluding hydrogens is 457 g/mol. The van der Waals surface area contributed by atoms with E-state index in [1.807, 2.05) is 0 Å². The maximum atomic E-state index is 12.7. The van der Waals surface area contributed by atoms with E-state index in [9.17, 15) is 13.6 Å². The van der Waals surface area contributed by atoms with Gasteiger partial charge in [-0.15, -0.1) is 0 Å². The third-order valence-corrected chi connectivity index (χ3v) is 4.76. The molecule has 0 aliphatic heterocycles. The number of halogens is 4. The van der Waals surface area contributed by atoms with E-state index in [0.717, 1.165) is 0 Å². The van der Waals surface area contributed by atoms with Gasteiger partial charge in [0.2, 0.25) is 11.7 Å². The van der Waals surface area contributed by atoms with Gasteiger partial charge in [-0.2, -0.15) is 13.8 Å². The first-order valence-corrected chi connectivity index (χ1v) is 9.41. The summed E-state index contributed by atoms with van der Waals surface area (Å²) in [4.78, 5) is 21.2. The van der Waals surface area contributed by atoms with Crippen LogP contribution in [-0.2, 0) is 6.54 Å². The van der Waals surface area contributed by atoms with Crippen molar-refractivity contribution in [1.82, 2.24) is 19.7 Å². The summed E-state index contributed by atoms with van der Waals surface area (Å²) < 4.78 is 40.9. The molecule has 0 aliphatic rings. The Morgan fingerprint density at radius 2 is 2.00 bits per heavy atom. The van der Waals surface area contributed by atoms with Gasteiger partial charge in [0.15, 0.2) is 11.5 Å². The van der Waals surface area contributed by atoms with Gasteiger partial charge in [-0.1, -0.05) is 28.4 Å². The number of fused-ring (bicyclic) bond motifs is 1. The average Bonchev–Trinajstić information content (AvgIpc) is 3.19. The van der Waals surface area contributed by atoms with E-state index in [-0.39, 0.29) is 45.7 Å². The highest BCUT2D eigenvalue weighted by Gasteiger charge is 2.16. The minimum atomic E-state index is -2.99. The number of rotatable bonds is 6. The molecule has 0 unspecified atom stereocenters. The van der Waals surface area contributed by atoms with Crippen LogP contribution in [0.15, 0.2) is 46.0 Å². The van der Waals surface area contributed by atoms with Crippen molar-refractivity contribution in [1.29, 1.82) is 0 Å². The topological polar surface area (TPSA) is 92.3 Å². The van der Waals surface area contributed by atoms with E-state index < -0.39 is 6.61 Å². The van der Waals surface area contributed by atoms with Crippen LogP contribution < -0.4 is 15.0 Å². The lowest BCUT2D eigenvalue weighted by molar-refractivity contribution is -0.0512. The molecule has 0 saturated heterocycles. The maximum absolute atomic E-state index is 12.7. The largest absolute Gasteiger partial charge is 0.493 e. The molecule has 160 valence electrons. The van der Waals surface area contributed by atoms with Crippen molar-refractivity contribution >= 4 is 34.1 Å². The van der Waals surface area contributed by atoms with Crippen LogP contribution in [-0.4, -0.2) is 33.4 Å². The van der Waals surface area contributed by atoms with E-state index in [4.69, 9.17) is 32.5 Å². The number of hydrogen-bond donors (Lipinski definition) is 0. The molecule has 0 bridgehead atoms. The predicted molar refractivity (Wildman–Crippen MR) is 108 cm³/mol. The summed E-state index contributed by atoms with van der Waals surface area (Å²) in [5.41, 5.74) is 0.386. The van der Waals surface area contributed by atoms with Crippen LogP contribution in [0.2, 0.25) is 10.0 Å². The molecule has 0 aliphatic carbocycles. The van der Waals surface area contributed by atoms with Gasteiger partial charge in [0.1, 0.15) is 6.54 Å². The van der Waals surface area contributed by atoms with Crippen molar-refractivity contribution in [3.05, 3.63) is 62.9 Å². The van der Waals surface area contributed by atoms with Crippen LogP contribution in [0.25, 0.3) is 22.3 Å². The van der Waals surface area contributed by atoms with E-state index >= 15 is 0 Å². The van der Waals surface area contributed by atoms with E-state index in [0.29, 0.717) is 16.1 Å². The van der Waals surface area contributed by atoms with Gasteiger partial charge in [0.05, 0.1) is 29.4 Å². The average molecular weight is 469 g/mol. The molecule has 2 aromatic carbocycles. The number of aromatic nitrogens is 4. The number of ether oxygens (including phenoxy) is 2. The standard InChI is InChI=1S/C19H12Cl2F2N4O4/c1-29-14-4-9(2-3-13(14)30-19(22)23)17-25-15(31-26-17)7-27-8-24-16-11(18(27)28)5-10(20)6-12(16)21/h2-6,8,19H,7H2,1H3. The second-order valence-electron chi connectivity index (χ2n) is 6.22. The highest BCUT2D eigenvalue weighted by molar-refractivity contribution is 6.38. The van der Waals surface area contributed by atoms with Gasteiger partial charge in [0, 0.05) is 10.6 Å². The lowest BCUT2D eigenvalue weighted by atomic mass is 10.2. The normalized spacial score (nSPS) is 11.3. The van der Waals surface area contributed by atoms with E-state index in [1.54, 1.807) is 0 Å². The first-order chi connectivity index (χ1) is 14.9. The molecule has 4 rings (SSSR count). The molecule has 0 fully saturated rings. The lowest BCUT2D eigenvalue weighted by Crippen LogP contribution is -2.21. The van der Waals surface area contributed by atoms with Crippen molar-refractivity contribution in [2.24, 2.45) is 0 Å². The van der Waals surface area contributed by atoms with Gasteiger partial charge in [-0.3, -0.25) is 9.36 Å². The van der Waals surface area contributed by atoms with Gasteiger partial charge in [-0.05, 0) is 30.3 Å². The Morgan fingerprint density at radius 3 is 2.74 bits per heavy atom. The minimum absolute atomic E-state index is 0.0530. The zero-order valence-corrected chi connectivity index (χ0v) is 17.2. The predicted octanol–water partition coefficient (Wildman–Crippen LogP) is 4.41. The van der Waals surface area contributed by atoms with Crippen LogP contribution in [0, 0.1) is 0 Å². The number of hydrogen-bond acceptors (Lipinski definition) is 7. The molecule has 0 N–H and O–H groups in total. The first kappa shape index (κ1) is 21.0. The zero-order chi connectivity index (χ0) is 22.1. The second-order valence-corrected chi connectivity index (χ2v) is 7.06. The molecule has 0 atom stereocenters. The van der Waals surface area contributed by atoms with Crippen molar-refractivity contribution < 1.29 is 22.8 Å². The number of benzene rings is 2. The summed E-state index contributed by atoms with van der Waals surface area (Å²) in [6, 6.07) is 7.19. The van der Waals surface area contributed by atoms with Crippen LogP contribution in [0.4, 0.5) is 8.78 Å². The Bertz CT molecular complexity index is 1330. The summed E-state index contributed by atoms with van der Waals surface area (Å²) in [5, 5.41) is 4.68. The summed E-state index contributed by atoms with van der Waals surface area (Å²) in [7, 11) is 1.32. The number of methoxy groups -OCH3 is 1. The van der Waals surface area contributed by atoms with Gasteiger partial charge < -0.3 is 14.0 Å². The molecule has 31 heavy (non-hydrogen) atoms. The van der Waals surface area contributed by atoms with Crippen molar-refractivity contribution in [3.8, 4) is 22.9 Å². The molecule has 4 aromatic rings. The van der Waals surface area contributed by atoms with Crippen molar-refractivity contribution in [2.75, 3.05) is 7.11 Å². The summed E-state index contributed by atoms with van der Waals surface area (Å²) >= 11 is 12.1.